The average Bonchev–Trinajstić information content (AvgIpc) is 2.29. The van der Waals surface area contributed by atoms with E-state index in [1.807, 2.05) is 0 Å². The SMILES string of the molecule is NCC(=O)NCC(=O)Nc1cccnc1Br. The van der Waals surface area contributed by atoms with Crippen molar-refractivity contribution in [3.05, 3.63) is 22.9 Å². The standard InChI is InChI=1S/C9H11BrN4O2/c10-9-6(2-1-3-12-9)14-8(16)5-13-7(15)4-11/h1-3H,4-5,11H2,(H,13,15)(H,14,16). The fourth-order valence-corrected chi connectivity index (χ4v) is 1.27. The van der Waals surface area contributed by atoms with Crippen LogP contribution in [0.25, 0.3) is 0 Å². The lowest BCUT2D eigenvalue weighted by Crippen LogP contribution is -2.36. The first-order chi connectivity index (χ1) is 7.63. The Labute approximate surface area is 101 Å². The highest BCUT2D eigenvalue weighted by Gasteiger charge is 2.06. The zero-order chi connectivity index (χ0) is 12.0. The van der Waals surface area contributed by atoms with Gasteiger partial charge < -0.3 is 16.4 Å². The molecule has 7 heteroatoms. The molecular formula is C9H11BrN4O2. The first-order valence-electron chi connectivity index (χ1n) is 4.50. The van der Waals surface area contributed by atoms with Gasteiger partial charge in [-0.2, -0.15) is 0 Å². The van der Waals surface area contributed by atoms with Crippen LogP contribution in [-0.2, 0) is 9.59 Å². The number of nitrogens with two attached hydrogens (primary N) is 1. The smallest absolute Gasteiger partial charge is 0.243 e. The van der Waals surface area contributed by atoms with Crippen LogP contribution < -0.4 is 16.4 Å². The van der Waals surface area contributed by atoms with Gasteiger partial charge in [0.2, 0.25) is 11.8 Å². The number of nitrogens with zero attached hydrogens (tertiary/aromatic N) is 1. The van der Waals surface area contributed by atoms with Gasteiger partial charge in [0.15, 0.2) is 0 Å². The van der Waals surface area contributed by atoms with Crippen molar-refractivity contribution >= 4 is 33.4 Å². The molecule has 0 saturated carbocycles. The van der Waals surface area contributed by atoms with E-state index in [4.69, 9.17) is 5.73 Å². The lowest BCUT2D eigenvalue weighted by Gasteiger charge is -2.06. The van der Waals surface area contributed by atoms with Gasteiger partial charge in [-0.15, -0.1) is 0 Å². The summed E-state index contributed by atoms with van der Waals surface area (Å²) in [5.41, 5.74) is 5.62. The number of rotatable bonds is 4. The zero-order valence-electron chi connectivity index (χ0n) is 8.37. The molecule has 1 rings (SSSR count). The lowest BCUT2D eigenvalue weighted by atomic mass is 10.4. The minimum Gasteiger partial charge on any atom is -0.346 e. The fourth-order valence-electron chi connectivity index (χ4n) is 0.925. The second-order valence-electron chi connectivity index (χ2n) is 2.87. The largest absolute Gasteiger partial charge is 0.346 e. The van der Waals surface area contributed by atoms with Crippen LogP contribution in [0.3, 0.4) is 0 Å². The van der Waals surface area contributed by atoms with E-state index in [0.29, 0.717) is 10.3 Å². The maximum atomic E-state index is 11.4. The molecule has 0 fully saturated rings. The normalized spacial score (nSPS) is 9.62. The van der Waals surface area contributed by atoms with Crippen molar-refractivity contribution in [2.75, 3.05) is 18.4 Å². The maximum absolute atomic E-state index is 11.4. The predicted octanol–water partition coefficient (Wildman–Crippen LogP) is -0.143. The highest BCUT2D eigenvalue weighted by Crippen LogP contribution is 2.17. The van der Waals surface area contributed by atoms with Crippen LogP contribution in [0.2, 0.25) is 0 Å². The summed E-state index contributed by atoms with van der Waals surface area (Å²) in [6.07, 6.45) is 1.59. The molecule has 0 spiro atoms. The Morgan fingerprint density at radius 3 is 2.81 bits per heavy atom. The van der Waals surface area contributed by atoms with E-state index >= 15 is 0 Å². The molecule has 0 aliphatic carbocycles. The Hall–Kier alpha value is -1.47. The van der Waals surface area contributed by atoms with Crippen LogP contribution in [0, 0.1) is 0 Å². The van der Waals surface area contributed by atoms with E-state index in [9.17, 15) is 9.59 Å². The van der Waals surface area contributed by atoms with Crippen molar-refractivity contribution in [2.45, 2.75) is 0 Å². The summed E-state index contributed by atoms with van der Waals surface area (Å²) in [6.45, 7) is -0.249. The van der Waals surface area contributed by atoms with E-state index in [2.05, 4.69) is 31.5 Å². The molecule has 6 nitrogen and oxygen atoms in total. The van der Waals surface area contributed by atoms with Crippen LogP contribution in [-0.4, -0.2) is 29.9 Å². The molecule has 2 amide bonds. The van der Waals surface area contributed by atoms with Gasteiger partial charge in [-0.25, -0.2) is 4.98 Å². The molecule has 4 N–H and O–H groups in total. The third-order valence-corrected chi connectivity index (χ3v) is 2.30. The number of nitrogens with one attached hydrogen (secondary N) is 2. The van der Waals surface area contributed by atoms with Gasteiger partial charge in [-0.3, -0.25) is 9.59 Å². The molecule has 0 aromatic carbocycles. The molecule has 0 aliphatic rings. The Morgan fingerprint density at radius 1 is 1.44 bits per heavy atom. The molecule has 0 saturated heterocycles. The Balaban J connectivity index is 2.46. The van der Waals surface area contributed by atoms with Gasteiger partial charge >= 0.3 is 0 Å². The second-order valence-corrected chi connectivity index (χ2v) is 3.62. The number of hydrogen-bond donors (Lipinski definition) is 3. The summed E-state index contributed by atoms with van der Waals surface area (Å²) in [7, 11) is 0. The molecule has 0 bridgehead atoms. The zero-order valence-corrected chi connectivity index (χ0v) is 9.95. The Kier molecular flexibility index (Phi) is 4.87. The molecular weight excluding hydrogens is 276 g/mol. The Bertz CT molecular complexity index is 397. The highest BCUT2D eigenvalue weighted by atomic mass is 79.9. The lowest BCUT2D eigenvalue weighted by molar-refractivity contribution is -0.123. The van der Waals surface area contributed by atoms with Crippen molar-refractivity contribution in [3.8, 4) is 0 Å². The fraction of sp³-hybridized carbons (Fsp3) is 0.222. The first-order valence-corrected chi connectivity index (χ1v) is 5.30. The number of pyridine rings is 1. The second kappa shape index (κ2) is 6.19. The van der Waals surface area contributed by atoms with E-state index in [0.717, 1.165) is 0 Å². The summed E-state index contributed by atoms with van der Waals surface area (Å²) < 4.78 is 0.536. The summed E-state index contributed by atoms with van der Waals surface area (Å²) >= 11 is 3.19. The molecule has 1 aromatic rings. The van der Waals surface area contributed by atoms with Gasteiger partial charge in [-0.1, -0.05) is 0 Å². The third-order valence-electron chi connectivity index (χ3n) is 1.66. The van der Waals surface area contributed by atoms with Crippen molar-refractivity contribution < 1.29 is 9.59 Å². The minimum atomic E-state index is -0.375. The summed E-state index contributed by atoms with van der Waals surface area (Å²) in [4.78, 5) is 26.1. The summed E-state index contributed by atoms with van der Waals surface area (Å²) in [5.74, 6) is -0.712. The number of halogens is 1. The highest BCUT2D eigenvalue weighted by molar-refractivity contribution is 9.10. The Morgan fingerprint density at radius 2 is 2.19 bits per heavy atom. The molecule has 1 heterocycles. The van der Waals surface area contributed by atoms with E-state index in [-0.39, 0.29) is 24.9 Å². The predicted molar refractivity (Wildman–Crippen MR) is 62.6 cm³/mol. The molecule has 86 valence electrons. The third kappa shape index (κ3) is 3.95. The number of aromatic nitrogens is 1. The van der Waals surface area contributed by atoms with Crippen molar-refractivity contribution in [1.29, 1.82) is 0 Å². The van der Waals surface area contributed by atoms with E-state index in [1.54, 1.807) is 18.3 Å². The van der Waals surface area contributed by atoms with Crippen LogP contribution in [0.15, 0.2) is 22.9 Å². The van der Waals surface area contributed by atoms with Crippen molar-refractivity contribution in [2.24, 2.45) is 5.73 Å². The van der Waals surface area contributed by atoms with E-state index < -0.39 is 0 Å². The van der Waals surface area contributed by atoms with Gasteiger partial charge in [0.1, 0.15) is 4.60 Å². The van der Waals surface area contributed by atoms with Crippen molar-refractivity contribution in [1.82, 2.24) is 10.3 Å². The van der Waals surface area contributed by atoms with Crippen LogP contribution in [0.1, 0.15) is 0 Å². The van der Waals surface area contributed by atoms with Gasteiger partial charge in [0.25, 0.3) is 0 Å². The molecule has 0 atom stereocenters. The van der Waals surface area contributed by atoms with Crippen molar-refractivity contribution in [3.63, 3.8) is 0 Å². The molecule has 0 unspecified atom stereocenters. The number of hydrogen-bond acceptors (Lipinski definition) is 4. The molecule has 0 radical (unpaired) electrons. The topological polar surface area (TPSA) is 97.1 Å². The van der Waals surface area contributed by atoms with Gasteiger partial charge in [0.05, 0.1) is 18.8 Å². The summed E-state index contributed by atoms with van der Waals surface area (Å²) in [5, 5.41) is 4.95. The van der Waals surface area contributed by atoms with Crippen LogP contribution >= 0.6 is 15.9 Å². The van der Waals surface area contributed by atoms with Gasteiger partial charge in [-0.05, 0) is 28.1 Å². The minimum absolute atomic E-state index is 0.114. The first kappa shape index (κ1) is 12.6. The molecule has 16 heavy (non-hydrogen) atoms. The number of anilines is 1. The van der Waals surface area contributed by atoms with Crippen LogP contribution in [0.4, 0.5) is 5.69 Å². The number of amides is 2. The van der Waals surface area contributed by atoms with Gasteiger partial charge in [0, 0.05) is 6.20 Å². The van der Waals surface area contributed by atoms with Crippen LogP contribution in [0.5, 0.6) is 0 Å². The monoisotopic (exact) mass is 286 g/mol. The number of carbonyl (C=O) groups excluding carboxylic acids is 2. The average molecular weight is 287 g/mol. The molecule has 0 aliphatic heterocycles. The summed E-state index contributed by atoms with van der Waals surface area (Å²) in [6, 6.07) is 3.39. The van der Waals surface area contributed by atoms with E-state index in [1.165, 1.54) is 0 Å². The maximum Gasteiger partial charge on any atom is 0.243 e. The molecule has 1 aromatic heterocycles. The number of carbonyl (C=O) groups is 2. The quantitative estimate of drug-likeness (QED) is 0.671.